The second kappa shape index (κ2) is 5.46. The lowest BCUT2D eigenvalue weighted by Gasteiger charge is -2.18. The molecule has 0 saturated carbocycles. The zero-order valence-corrected chi connectivity index (χ0v) is 6.48. The zero-order chi connectivity index (χ0) is 10.4. The van der Waals surface area contributed by atoms with Crippen molar-refractivity contribution >= 4 is 5.91 Å². The van der Waals surface area contributed by atoms with Gasteiger partial charge >= 0.3 is 0 Å². The normalized spacial score (nSPS) is 16.9. The van der Waals surface area contributed by atoms with Crippen molar-refractivity contribution in [3.05, 3.63) is 10.4 Å². The van der Waals surface area contributed by atoms with E-state index in [1.54, 1.807) is 0 Å². The summed E-state index contributed by atoms with van der Waals surface area (Å²) in [4.78, 5) is 12.7. The van der Waals surface area contributed by atoms with E-state index in [0.29, 0.717) is 0 Å². The first-order valence-corrected chi connectivity index (χ1v) is 3.28. The maximum atomic E-state index is 10.6. The molecule has 0 aliphatic carbocycles. The molecule has 1 amide bonds. The molecule has 0 fully saturated rings. The molecule has 3 unspecified atom stereocenters. The second-order valence-corrected chi connectivity index (χ2v) is 2.21. The minimum absolute atomic E-state index is 0.818. The number of rotatable bonds is 4. The maximum absolute atomic E-state index is 10.6. The Labute approximate surface area is 72.7 Å². The van der Waals surface area contributed by atoms with E-state index >= 15 is 0 Å². The molecule has 0 aliphatic rings. The number of aliphatic hydroxyl groups is 4. The molecular formula is C5H9N3O5. The van der Waals surface area contributed by atoms with Gasteiger partial charge in [-0.2, -0.15) is 0 Å². The molecule has 13 heavy (non-hydrogen) atoms. The highest BCUT2D eigenvalue weighted by molar-refractivity contribution is 5.81. The number of hydrogen-bond acceptors (Lipinski definition) is 5. The third-order valence-corrected chi connectivity index (χ3v) is 1.30. The first kappa shape index (κ1) is 11.8. The van der Waals surface area contributed by atoms with Gasteiger partial charge in [0.05, 0.1) is 6.61 Å². The number of carbonyl (C=O) groups excluding carboxylic acids is 1. The average molecular weight is 191 g/mol. The Morgan fingerprint density at radius 1 is 1.46 bits per heavy atom. The van der Waals surface area contributed by atoms with E-state index in [2.05, 4.69) is 10.0 Å². The van der Waals surface area contributed by atoms with Gasteiger partial charge in [0.2, 0.25) is 5.91 Å². The summed E-state index contributed by atoms with van der Waals surface area (Å²) < 4.78 is 0. The topological polar surface area (TPSA) is 147 Å². The van der Waals surface area contributed by atoms with Crippen molar-refractivity contribution in [1.29, 1.82) is 0 Å². The summed E-state index contributed by atoms with van der Waals surface area (Å²) >= 11 is 0. The molecule has 0 aromatic rings. The van der Waals surface area contributed by atoms with Gasteiger partial charge < -0.3 is 20.4 Å². The Balaban J connectivity index is 4.32. The smallest absolute Gasteiger partial charge is 0.250 e. The molecule has 0 spiro atoms. The van der Waals surface area contributed by atoms with Crippen molar-refractivity contribution in [1.82, 2.24) is 0 Å². The van der Waals surface area contributed by atoms with Gasteiger partial charge in [0.15, 0.2) is 0 Å². The number of hydrogen-bond donors (Lipinski definition) is 4. The van der Waals surface area contributed by atoms with Crippen LogP contribution in [0.1, 0.15) is 0 Å². The lowest BCUT2D eigenvalue weighted by atomic mass is 10.1. The third kappa shape index (κ3) is 3.36. The summed E-state index contributed by atoms with van der Waals surface area (Å²) in [5.41, 5.74) is 7.80. The van der Waals surface area contributed by atoms with E-state index in [1.807, 2.05) is 0 Å². The predicted molar refractivity (Wildman–Crippen MR) is 39.3 cm³/mol. The average Bonchev–Trinajstić information content (AvgIpc) is 2.14. The highest BCUT2D eigenvalue weighted by Crippen LogP contribution is 2.01. The van der Waals surface area contributed by atoms with Crippen molar-refractivity contribution in [2.45, 2.75) is 18.3 Å². The standard InChI is InChI=1S/C5H9N3O5/c6-8-7-5(13)4(12)3(11)2(10)1-9/h2-4,9-12H,1H2. The fraction of sp³-hybridized carbons (Fsp3) is 0.800. The Morgan fingerprint density at radius 3 is 2.38 bits per heavy atom. The van der Waals surface area contributed by atoms with E-state index in [4.69, 9.17) is 26.0 Å². The molecule has 0 bridgehead atoms. The van der Waals surface area contributed by atoms with E-state index in [9.17, 15) is 4.79 Å². The summed E-state index contributed by atoms with van der Waals surface area (Å²) in [6.07, 6.45) is -5.56. The van der Waals surface area contributed by atoms with Crippen LogP contribution in [0.3, 0.4) is 0 Å². The second-order valence-electron chi connectivity index (χ2n) is 2.21. The van der Waals surface area contributed by atoms with E-state index < -0.39 is 30.8 Å². The largest absolute Gasteiger partial charge is 0.394 e. The van der Waals surface area contributed by atoms with Crippen molar-refractivity contribution in [3.63, 3.8) is 0 Å². The van der Waals surface area contributed by atoms with Gasteiger partial charge in [-0.1, -0.05) is 0 Å². The molecule has 0 aromatic heterocycles. The fourth-order valence-corrected chi connectivity index (χ4v) is 0.568. The van der Waals surface area contributed by atoms with Crippen LogP contribution in [0.15, 0.2) is 5.11 Å². The monoisotopic (exact) mass is 191 g/mol. The molecule has 3 atom stereocenters. The number of nitrogens with zero attached hydrogens (tertiary/aromatic N) is 3. The number of azide groups is 1. The van der Waals surface area contributed by atoms with Gasteiger partial charge in [-0.15, -0.1) is 0 Å². The molecule has 8 nitrogen and oxygen atoms in total. The number of amides is 1. The van der Waals surface area contributed by atoms with E-state index in [1.165, 1.54) is 0 Å². The van der Waals surface area contributed by atoms with Crippen molar-refractivity contribution in [3.8, 4) is 0 Å². The molecule has 0 rings (SSSR count). The minimum Gasteiger partial charge on any atom is -0.394 e. The van der Waals surface area contributed by atoms with Crippen molar-refractivity contribution in [2.75, 3.05) is 6.61 Å². The Morgan fingerprint density at radius 2 is 2.00 bits per heavy atom. The SMILES string of the molecule is [N-]=[N+]=NC(=O)C(O)C(O)C(O)CO. The lowest BCUT2D eigenvalue weighted by Crippen LogP contribution is -2.43. The van der Waals surface area contributed by atoms with Gasteiger partial charge in [0, 0.05) is 4.91 Å². The molecule has 0 heterocycles. The van der Waals surface area contributed by atoms with Crippen LogP contribution in [-0.2, 0) is 4.79 Å². The number of carbonyl (C=O) groups is 1. The van der Waals surface area contributed by atoms with Gasteiger partial charge in [-0.05, 0) is 10.6 Å². The lowest BCUT2D eigenvalue weighted by molar-refractivity contribution is -0.139. The van der Waals surface area contributed by atoms with E-state index in [-0.39, 0.29) is 0 Å². The molecule has 0 radical (unpaired) electrons. The highest BCUT2D eigenvalue weighted by Gasteiger charge is 2.28. The summed E-state index contributed by atoms with van der Waals surface area (Å²) in [6, 6.07) is 0. The Kier molecular flexibility index (Phi) is 4.97. The molecule has 0 aromatic carbocycles. The van der Waals surface area contributed by atoms with Gasteiger partial charge in [-0.3, -0.25) is 4.79 Å². The van der Waals surface area contributed by atoms with Gasteiger partial charge in [-0.25, -0.2) is 0 Å². The van der Waals surface area contributed by atoms with Crippen LogP contribution in [0.2, 0.25) is 0 Å². The first-order valence-electron chi connectivity index (χ1n) is 3.28. The summed E-state index contributed by atoms with van der Waals surface area (Å²) in [6.45, 7) is -0.818. The van der Waals surface area contributed by atoms with Crippen LogP contribution < -0.4 is 0 Å². The summed E-state index contributed by atoms with van der Waals surface area (Å²) in [7, 11) is 0. The third-order valence-electron chi connectivity index (χ3n) is 1.30. The van der Waals surface area contributed by atoms with E-state index in [0.717, 1.165) is 0 Å². The quantitative estimate of drug-likeness (QED) is 0.228. The predicted octanol–water partition coefficient (Wildman–Crippen LogP) is -2.10. The highest BCUT2D eigenvalue weighted by atomic mass is 16.4. The molecular weight excluding hydrogens is 182 g/mol. The molecule has 0 saturated heterocycles. The Hall–Kier alpha value is -1.18. The molecule has 4 N–H and O–H groups in total. The van der Waals surface area contributed by atoms with Crippen LogP contribution in [0.4, 0.5) is 0 Å². The Bertz CT molecular complexity index is 226. The van der Waals surface area contributed by atoms with Gasteiger partial charge in [0.1, 0.15) is 18.3 Å². The van der Waals surface area contributed by atoms with Gasteiger partial charge in [0.25, 0.3) is 0 Å². The van der Waals surface area contributed by atoms with Crippen LogP contribution in [-0.4, -0.2) is 51.3 Å². The molecule has 8 heteroatoms. The van der Waals surface area contributed by atoms with Crippen LogP contribution in [0.5, 0.6) is 0 Å². The maximum Gasteiger partial charge on any atom is 0.250 e. The van der Waals surface area contributed by atoms with Crippen molar-refractivity contribution < 1.29 is 25.2 Å². The zero-order valence-electron chi connectivity index (χ0n) is 6.48. The van der Waals surface area contributed by atoms with Crippen LogP contribution in [0.25, 0.3) is 10.4 Å². The van der Waals surface area contributed by atoms with Crippen LogP contribution >= 0.6 is 0 Å². The number of aliphatic hydroxyl groups excluding tert-OH is 4. The minimum atomic E-state index is -2.03. The van der Waals surface area contributed by atoms with Crippen molar-refractivity contribution in [2.24, 2.45) is 5.11 Å². The fourth-order valence-electron chi connectivity index (χ4n) is 0.568. The molecule has 0 aliphatic heterocycles. The van der Waals surface area contributed by atoms with Crippen LogP contribution in [0, 0.1) is 0 Å². The molecule has 74 valence electrons. The summed E-state index contributed by atoms with van der Waals surface area (Å²) in [5, 5.41) is 37.4. The summed E-state index contributed by atoms with van der Waals surface area (Å²) in [5.74, 6) is -1.32. The first-order chi connectivity index (χ1) is 6.04.